The molecule has 1 aromatic heterocycles. The van der Waals surface area contributed by atoms with Crippen LogP contribution >= 0.6 is 0 Å². The Hall–Kier alpha value is -2.06. The molecule has 1 aliphatic rings. The van der Waals surface area contributed by atoms with Crippen LogP contribution in [0.4, 0.5) is 5.95 Å². The predicted octanol–water partition coefficient (Wildman–Crippen LogP) is 0.924. The van der Waals surface area contributed by atoms with E-state index in [1.165, 1.54) is 12.4 Å². The number of aromatic nitrogens is 3. The molecule has 1 aliphatic carbocycles. The van der Waals surface area contributed by atoms with Gasteiger partial charge in [-0.15, -0.1) is 5.10 Å². The van der Waals surface area contributed by atoms with Gasteiger partial charge in [-0.25, -0.2) is 18.1 Å². The first-order chi connectivity index (χ1) is 10.1. The monoisotopic (exact) mass is 305 g/mol. The lowest BCUT2D eigenvalue weighted by molar-refractivity contribution is 0.597. The molecule has 0 amide bonds. The van der Waals surface area contributed by atoms with Crippen LogP contribution in [0.3, 0.4) is 0 Å². The normalized spacial score (nSPS) is 14.9. The maximum Gasteiger partial charge on any atom is 0.264 e. The van der Waals surface area contributed by atoms with Crippen LogP contribution in [-0.2, 0) is 16.6 Å². The highest BCUT2D eigenvalue weighted by molar-refractivity contribution is 7.92. The van der Waals surface area contributed by atoms with Crippen LogP contribution in [0.2, 0.25) is 0 Å². The second kappa shape index (κ2) is 5.74. The van der Waals surface area contributed by atoms with Gasteiger partial charge in [0.05, 0.1) is 17.3 Å². The molecule has 0 unspecified atom stereocenters. The third-order valence-corrected chi connectivity index (χ3v) is 4.56. The Morgan fingerprint density at radius 3 is 2.71 bits per heavy atom. The lowest BCUT2D eigenvalue weighted by Gasteiger charge is -2.11. The highest BCUT2D eigenvalue weighted by Gasteiger charge is 2.23. The zero-order chi connectivity index (χ0) is 14.7. The van der Waals surface area contributed by atoms with Gasteiger partial charge in [-0.1, -0.05) is 18.2 Å². The van der Waals surface area contributed by atoms with E-state index in [1.54, 1.807) is 18.2 Å². The molecule has 21 heavy (non-hydrogen) atoms. The molecule has 0 atom stereocenters. The van der Waals surface area contributed by atoms with Crippen molar-refractivity contribution in [2.75, 3.05) is 4.72 Å². The topological polar surface area (TPSA) is 96.9 Å². The van der Waals surface area contributed by atoms with Gasteiger partial charge in [0.15, 0.2) is 0 Å². The number of anilines is 1. The molecule has 0 bridgehead atoms. The van der Waals surface area contributed by atoms with Gasteiger partial charge in [0.25, 0.3) is 16.0 Å². The van der Waals surface area contributed by atoms with Gasteiger partial charge in [-0.3, -0.25) is 0 Å². The van der Waals surface area contributed by atoms with Crippen molar-refractivity contribution in [2.24, 2.45) is 0 Å². The number of hydrogen-bond acceptors (Lipinski definition) is 6. The van der Waals surface area contributed by atoms with Gasteiger partial charge in [-0.2, -0.15) is 5.10 Å². The Morgan fingerprint density at radius 2 is 2.00 bits per heavy atom. The Bertz CT molecular complexity index is 716. The lowest BCUT2D eigenvalue weighted by atomic mass is 10.2. The van der Waals surface area contributed by atoms with Crippen LogP contribution in [0.25, 0.3) is 0 Å². The molecule has 2 aromatic rings. The molecule has 8 heteroatoms. The largest absolute Gasteiger partial charge is 0.310 e. The first-order valence-corrected chi connectivity index (χ1v) is 8.11. The minimum absolute atomic E-state index is 0.0394. The van der Waals surface area contributed by atoms with Crippen molar-refractivity contribution in [1.82, 2.24) is 20.5 Å². The van der Waals surface area contributed by atoms with E-state index >= 15 is 0 Å². The van der Waals surface area contributed by atoms with E-state index in [2.05, 4.69) is 25.2 Å². The van der Waals surface area contributed by atoms with Crippen molar-refractivity contribution in [3.63, 3.8) is 0 Å². The summed E-state index contributed by atoms with van der Waals surface area (Å²) in [6.07, 6.45) is 5.06. The molecular weight excluding hydrogens is 290 g/mol. The summed E-state index contributed by atoms with van der Waals surface area (Å²) in [6, 6.07) is 7.40. The maximum atomic E-state index is 12.4. The summed E-state index contributed by atoms with van der Waals surface area (Å²) >= 11 is 0. The molecule has 0 radical (unpaired) electrons. The summed E-state index contributed by atoms with van der Waals surface area (Å²) in [6.45, 7) is 0.523. The highest BCUT2D eigenvalue weighted by Crippen LogP contribution is 2.22. The van der Waals surface area contributed by atoms with E-state index in [4.69, 9.17) is 0 Å². The fourth-order valence-corrected chi connectivity index (χ4v) is 3.11. The molecule has 2 N–H and O–H groups in total. The highest BCUT2D eigenvalue weighted by atomic mass is 32.2. The Morgan fingerprint density at radius 1 is 1.19 bits per heavy atom. The first-order valence-electron chi connectivity index (χ1n) is 6.63. The summed E-state index contributed by atoms with van der Waals surface area (Å²) in [7, 11) is -3.73. The molecule has 1 saturated carbocycles. The fraction of sp³-hybridized carbons (Fsp3) is 0.308. The van der Waals surface area contributed by atoms with E-state index in [1.807, 2.05) is 6.07 Å². The average Bonchev–Trinajstić information content (AvgIpc) is 3.30. The smallest absolute Gasteiger partial charge is 0.264 e. The maximum absolute atomic E-state index is 12.4. The molecule has 0 aliphatic heterocycles. The van der Waals surface area contributed by atoms with Gasteiger partial charge in [0, 0.05) is 12.6 Å². The van der Waals surface area contributed by atoms with Crippen LogP contribution in [0.5, 0.6) is 0 Å². The third kappa shape index (κ3) is 3.53. The van der Waals surface area contributed by atoms with Gasteiger partial charge in [-0.05, 0) is 24.5 Å². The van der Waals surface area contributed by atoms with Gasteiger partial charge in [0.2, 0.25) is 0 Å². The fourth-order valence-electron chi connectivity index (χ4n) is 1.92. The molecular formula is C13H15N5O2S. The summed E-state index contributed by atoms with van der Waals surface area (Å²) in [5.74, 6) is -0.0394. The summed E-state index contributed by atoms with van der Waals surface area (Å²) in [4.78, 5) is 4.05. The molecule has 1 aromatic carbocycles. The number of hydrogen-bond donors (Lipinski definition) is 2. The SMILES string of the molecule is O=S(=O)(Nc1nccnn1)c1ccccc1CNC1CC1. The van der Waals surface area contributed by atoms with E-state index < -0.39 is 10.0 Å². The van der Waals surface area contributed by atoms with Crippen LogP contribution < -0.4 is 10.0 Å². The molecule has 7 nitrogen and oxygen atoms in total. The molecule has 0 saturated heterocycles. The lowest BCUT2D eigenvalue weighted by Crippen LogP contribution is -2.21. The second-order valence-corrected chi connectivity index (χ2v) is 6.49. The Balaban J connectivity index is 1.83. The summed E-state index contributed by atoms with van der Waals surface area (Å²) < 4.78 is 27.2. The van der Waals surface area contributed by atoms with E-state index in [0.29, 0.717) is 12.6 Å². The number of nitrogens with zero attached hydrogens (tertiary/aromatic N) is 3. The van der Waals surface area contributed by atoms with Crippen LogP contribution in [0, 0.1) is 0 Å². The minimum Gasteiger partial charge on any atom is -0.310 e. The van der Waals surface area contributed by atoms with Crippen molar-refractivity contribution in [3.8, 4) is 0 Å². The van der Waals surface area contributed by atoms with E-state index in [9.17, 15) is 8.42 Å². The molecule has 3 rings (SSSR count). The van der Waals surface area contributed by atoms with Crippen LogP contribution in [0.15, 0.2) is 41.6 Å². The van der Waals surface area contributed by atoms with Crippen molar-refractivity contribution >= 4 is 16.0 Å². The third-order valence-electron chi connectivity index (χ3n) is 3.13. The van der Waals surface area contributed by atoms with Crippen molar-refractivity contribution < 1.29 is 8.42 Å². The molecule has 110 valence electrons. The van der Waals surface area contributed by atoms with Crippen molar-refractivity contribution in [3.05, 3.63) is 42.2 Å². The van der Waals surface area contributed by atoms with Gasteiger partial charge < -0.3 is 5.32 Å². The zero-order valence-corrected chi connectivity index (χ0v) is 12.0. The Kier molecular flexibility index (Phi) is 3.80. The zero-order valence-electron chi connectivity index (χ0n) is 11.2. The molecule has 0 spiro atoms. The van der Waals surface area contributed by atoms with Crippen LogP contribution in [0.1, 0.15) is 18.4 Å². The van der Waals surface area contributed by atoms with E-state index in [0.717, 1.165) is 18.4 Å². The van der Waals surface area contributed by atoms with Crippen LogP contribution in [-0.4, -0.2) is 29.6 Å². The average molecular weight is 305 g/mol. The summed E-state index contributed by atoms with van der Waals surface area (Å²) in [5.41, 5.74) is 0.723. The number of sulfonamides is 1. The van der Waals surface area contributed by atoms with E-state index in [-0.39, 0.29) is 10.8 Å². The second-order valence-electron chi connectivity index (χ2n) is 4.83. The molecule has 1 fully saturated rings. The number of nitrogens with one attached hydrogen (secondary N) is 2. The first kappa shape index (κ1) is 13.9. The quantitative estimate of drug-likeness (QED) is 0.824. The molecule has 1 heterocycles. The van der Waals surface area contributed by atoms with Gasteiger partial charge in [0.1, 0.15) is 0 Å². The minimum atomic E-state index is -3.73. The van der Waals surface area contributed by atoms with Crippen molar-refractivity contribution in [1.29, 1.82) is 0 Å². The number of benzene rings is 1. The van der Waals surface area contributed by atoms with Crippen molar-refractivity contribution in [2.45, 2.75) is 30.3 Å². The predicted molar refractivity (Wildman–Crippen MR) is 76.9 cm³/mol. The summed E-state index contributed by atoms with van der Waals surface area (Å²) in [5, 5.41) is 10.6. The van der Waals surface area contributed by atoms with Gasteiger partial charge >= 0.3 is 0 Å². The number of rotatable bonds is 6. The Labute approximate surface area is 122 Å². The standard InChI is InChI=1S/C13H15N5O2S/c19-21(20,18-13-14-7-8-16-17-13)12-4-2-1-3-10(12)9-15-11-5-6-11/h1-4,7-8,11,15H,5-6,9H2,(H,14,17,18).